The highest BCUT2D eigenvalue weighted by Crippen LogP contribution is 2.23. The largest absolute Gasteiger partial charge is 0.331 e. The average Bonchev–Trinajstić information content (AvgIpc) is 2.71. The second kappa shape index (κ2) is 7.28. The quantitative estimate of drug-likeness (QED) is 0.494. The summed E-state index contributed by atoms with van der Waals surface area (Å²) in [6.07, 6.45) is 6.38. The molecule has 0 atom stereocenters. The van der Waals surface area contributed by atoms with Gasteiger partial charge in [0, 0.05) is 6.54 Å². The van der Waals surface area contributed by atoms with Crippen LogP contribution in [0.2, 0.25) is 5.02 Å². The van der Waals surface area contributed by atoms with Gasteiger partial charge in [-0.3, -0.25) is 0 Å². The summed E-state index contributed by atoms with van der Waals surface area (Å²) in [7, 11) is 0. The number of aryl methyl sites for hydroxylation is 1. The first-order valence-electron chi connectivity index (χ1n) is 7.46. The predicted octanol–water partition coefficient (Wildman–Crippen LogP) is 5.96. The minimum atomic E-state index is 0.773. The second-order valence-electron chi connectivity index (χ2n) is 5.81. The molecule has 1 aromatic carbocycles. The van der Waals surface area contributed by atoms with Gasteiger partial charge in [0.1, 0.15) is 0 Å². The molecule has 2 nitrogen and oxygen atoms in total. The maximum Gasteiger partial charge on any atom is 0.178 e. The number of para-hydroxylation sites is 1. The molecule has 0 amide bonds. The van der Waals surface area contributed by atoms with Crippen molar-refractivity contribution in [2.45, 2.75) is 52.5 Å². The van der Waals surface area contributed by atoms with Crippen LogP contribution in [0.15, 0.2) is 18.2 Å². The van der Waals surface area contributed by atoms with E-state index in [0.29, 0.717) is 0 Å². The topological polar surface area (TPSA) is 20.7 Å². The molecule has 1 heterocycles. The molecule has 0 aliphatic carbocycles. The summed E-state index contributed by atoms with van der Waals surface area (Å²) in [6.45, 7) is 5.52. The lowest BCUT2D eigenvalue weighted by Gasteiger charge is -2.07. The van der Waals surface area contributed by atoms with Crippen LogP contribution in [0.25, 0.3) is 11.0 Å². The van der Waals surface area contributed by atoms with Crippen molar-refractivity contribution in [1.82, 2.24) is 9.55 Å². The summed E-state index contributed by atoms with van der Waals surface area (Å²) < 4.78 is 2.91. The lowest BCUT2D eigenvalue weighted by atomic mass is 10.0. The Labute approximate surface area is 131 Å². The minimum Gasteiger partial charge on any atom is -0.331 e. The van der Waals surface area contributed by atoms with Crippen LogP contribution in [0.5, 0.6) is 0 Å². The number of nitrogens with zero attached hydrogens (tertiary/aromatic N) is 1. The van der Waals surface area contributed by atoms with Crippen LogP contribution in [-0.4, -0.2) is 9.55 Å². The Kier molecular flexibility index (Phi) is 5.67. The van der Waals surface area contributed by atoms with Gasteiger partial charge in [0.25, 0.3) is 0 Å². The highest BCUT2D eigenvalue weighted by molar-refractivity contribution is 7.71. The van der Waals surface area contributed by atoms with Crippen molar-refractivity contribution in [1.29, 1.82) is 0 Å². The molecular formula is C16H23ClN2S. The number of aromatic amines is 1. The van der Waals surface area contributed by atoms with Crippen LogP contribution in [0.3, 0.4) is 0 Å². The van der Waals surface area contributed by atoms with Crippen LogP contribution < -0.4 is 0 Å². The molecule has 1 aromatic heterocycles. The third-order valence-electron chi connectivity index (χ3n) is 3.66. The zero-order valence-electron chi connectivity index (χ0n) is 12.3. The van der Waals surface area contributed by atoms with Crippen LogP contribution in [-0.2, 0) is 6.54 Å². The fourth-order valence-corrected chi connectivity index (χ4v) is 3.13. The predicted molar refractivity (Wildman–Crippen MR) is 90.1 cm³/mol. The summed E-state index contributed by atoms with van der Waals surface area (Å²) in [5.74, 6) is 0.816. The molecule has 0 radical (unpaired) electrons. The number of hydrogen-bond acceptors (Lipinski definition) is 1. The van der Waals surface area contributed by atoms with E-state index in [1.807, 2.05) is 18.2 Å². The van der Waals surface area contributed by atoms with Gasteiger partial charge >= 0.3 is 0 Å². The molecule has 4 heteroatoms. The molecule has 0 bridgehead atoms. The third-order valence-corrected chi connectivity index (χ3v) is 4.28. The molecule has 1 N–H and O–H groups in total. The third kappa shape index (κ3) is 3.86. The van der Waals surface area contributed by atoms with Gasteiger partial charge in [0.15, 0.2) is 4.77 Å². The Balaban J connectivity index is 1.93. The summed E-state index contributed by atoms with van der Waals surface area (Å²) >= 11 is 11.7. The Morgan fingerprint density at radius 3 is 2.70 bits per heavy atom. The molecule has 0 fully saturated rings. The van der Waals surface area contributed by atoms with Crippen molar-refractivity contribution in [2.24, 2.45) is 5.92 Å². The number of rotatable bonds is 7. The number of benzene rings is 1. The van der Waals surface area contributed by atoms with Crippen molar-refractivity contribution >= 4 is 34.9 Å². The number of unbranched alkanes of at least 4 members (excludes halogenated alkanes) is 3. The smallest absolute Gasteiger partial charge is 0.178 e. The van der Waals surface area contributed by atoms with E-state index in [0.717, 1.165) is 39.7 Å². The maximum atomic E-state index is 6.29. The van der Waals surface area contributed by atoms with E-state index in [-0.39, 0.29) is 0 Å². The normalized spacial score (nSPS) is 11.6. The lowest BCUT2D eigenvalue weighted by molar-refractivity contribution is 0.507. The average molecular weight is 311 g/mol. The van der Waals surface area contributed by atoms with Gasteiger partial charge in [-0.25, -0.2) is 0 Å². The molecule has 0 saturated heterocycles. The van der Waals surface area contributed by atoms with E-state index in [1.165, 1.54) is 25.7 Å². The zero-order valence-corrected chi connectivity index (χ0v) is 13.9. The Morgan fingerprint density at radius 2 is 1.95 bits per heavy atom. The number of nitrogens with one attached hydrogen (secondary N) is 1. The Bertz CT molecular complexity index is 612. The summed E-state index contributed by atoms with van der Waals surface area (Å²) in [5, 5.41) is 0.773. The SMILES string of the molecule is CC(C)CCCCCCn1c(=S)[nH]c2cccc(Cl)c21. The fraction of sp³-hybridized carbons (Fsp3) is 0.562. The first kappa shape index (κ1) is 15.6. The zero-order chi connectivity index (χ0) is 14.5. The number of hydrogen-bond donors (Lipinski definition) is 1. The standard InChI is InChI=1S/C16H23ClN2S/c1-12(2)8-5-3-4-6-11-19-15-13(17)9-7-10-14(15)18-16(19)20/h7,9-10,12H,3-6,8,11H2,1-2H3,(H,18,20). The first-order valence-corrected chi connectivity index (χ1v) is 8.25. The number of H-pyrrole nitrogens is 1. The van der Waals surface area contributed by atoms with Gasteiger partial charge in [-0.2, -0.15) is 0 Å². The van der Waals surface area contributed by atoms with E-state index < -0.39 is 0 Å². The van der Waals surface area contributed by atoms with Gasteiger partial charge in [0.2, 0.25) is 0 Å². The van der Waals surface area contributed by atoms with E-state index in [2.05, 4.69) is 23.4 Å². The summed E-state index contributed by atoms with van der Waals surface area (Å²) in [6, 6.07) is 5.90. The van der Waals surface area contributed by atoms with E-state index in [9.17, 15) is 0 Å². The highest BCUT2D eigenvalue weighted by Gasteiger charge is 2.07. The van der Waals surface area contributed by atoms with Gasteiger partial charge in [-0.1, -0.05) is 57.2 Å². The molecule has 0 saturated carbocycles. The van der Waals surface area contributed by atoms with Gasteiger partial charge in [-0.05, 0) is 36.7 Å². The molecular weight excluding hydrogens is 288 g/mol. The van der Waals surface area contributed by atoms with Crippen molar-refractivity contribution in [3.05, 3.63) is 28.0 Å². The second-order valence-corrected chi connectivity index (χ2v) is 6.61. The summed E-state index contributed by atoms with van der Waals surface area (Å²) in [5.41, 5.74) is 2.07. The van der Waals surface area contributed by atoms with Gasteiger partial charge in [-0.15, -0.1) is 0 Å². The van der Waals surface area contributed by atoms with Crippen LogP contribution >= 0.6 is 23.8 Å². The van der Waals surface area contributed by atoms with E-state index in [4.69, 9.17) is 23.8 Å². The molecule has 0 unspecified atom stereocenters. The Hall–Kier alpha value is -0.800. The Morgan fingerprint density at radius 1 is 1.20 bits per heavy atom. The van der Waals surface area contributed by atoms with Crippen LogP contribution in [0.4, 0.5) is 0 Å². The lowest BCUT2D eigenvalue weighted by Crippen LogP contribution is -1.98. The van der Waals surface area contributed by atoms with E-state index in [1.54, 1.807) is 0 Å². The van der Waals surface area contributed by atoms with Gasteiger partial charge in [0.05, 0.1) is 16.1 Å². The molecule has 0 aliphatic rings. The van der Waals surface area contributed by atoms with E-state index >= 15 is 0 Å². The fourth-order valence-electron chi connectivity index (χ4n) is 2.56. The van der Waals surface area contributed by atoms with Gasteiger partial charge < -0.3 is 9.55 Å². The van der Waals surface area contributed by atoms with Crippen LogP contribution in [0.1, 0.15) is 46.0 Å². The first-order chi connectivity index (χ1) is 9.59. The maximum absolute atomic E-state index is 6.29. The highest BCUT2D eigenvalue weighted by atomic mass is 35.5. The molecule has 2 aromatic rings. The van der Waals surface area contributed by atoms with Crippen LogP contribution in [0, 0.1) is 10.7 Å². The minimum absolute atomic E-state index is 0.773. The molecule has 2 rings (SSSR count). The monoisotopic (exact) mass is 310 g/mol. The molecule has 0 spiro atoms. The molecule has 0 aliphatic heterocycles. The van der Waals surface area contributed by atoms with Crippen molar-refractivity contribution < 1.29 is 0 Å². The molecule has 110 valence electrons. The van der Waals surface area contributed by atoms with Crippen molar-refractivity contribution in [2.75, 3.05) is 0 Å². The van der Waals surface area contributed by atoms with Crippen molar-refractivity contribution in [3.8, 4) is 0 Å². The number of aromatic nitrogens is 2. The number of halogens is 1. The number of imidazole rings is 1. The summed E-state index contributed by atoms with van der Waals surface area (Å²) in [4.78, 5) is 3.23. The molecule has 20 heavy (non-hydrogen) atoms. The number of fused-ring (bicyclic) bond motifs is 1. The van der Waals surface area contributed by atoms with Crippen molar-refractivity contribution in [3.63, 3.8) is 0 Å².